The van der Waals surface area contributed by atoms with Crippen LogP contribution in [0.5, 0.6) is 5.75 Å². The highest BCUT2D eigenvalue weighted by molar-refractivity contribution is 5.51. The van der Waals surface area contributed by atoms with Crippen LogP contribution >= 0.6 is 0 Å². The largest absolute Gasteiger partial charge is 0.508 e. The standard InChI is InChI=1S/C14H14FN5O3/c1-9-4-11(21)5-13(22)20(9)8-12-17-14(18-23-12)10-6-16-19(7-10)3-2-15/h4-7,21H,2-3,8H2,1H3. The quantitative estimate of drug-likeness (QED) is 0.757. The lowest BCUT2D eigenvalue weighted by atomic mass is 10.3. The number of hydrogen-bond donors (Lipinski definition) is 1. The number of pyridine rings is 1. The molecule has 8 nitrogen and oxygen atoms in total. The van der Waals surface area contributed by atoms with E-state index in [1.54, 1.807) is 13.1 Å². The van der Waals surface area contributed by atoms with Crippen LogP contribution in [0.4, 0.5) is 4.39 Å². The molecule has 0 aromatic carbocycles. The Morgan fingerprint density at radius 1 is 1.39 bits per heavy atom. The van der Waals surface area contributed by atoms with Crippen LogP contribution in [0.15, 0.2) is 33.8 Å². The van der Waals surface area contributed by atoms with E-state index >= 15 is 0 Å². The molecule has 23 heavy (non-hydrogen) atoms. The van der Waals surface area contributed by atoms with Crippen molar-refractivity contribution in [1.29, 1.82) is 0 Å². The van der Waals surface area contributed by atoms with Crippen LogP contribution in [-0.2, 0) is 13.1 Å². The van der Waals surface area contributed by atoms with Gasteiger partial charge in [0.25, 0.3) is 5.56 Å². The summed E-state index contributed by atoms with van der Waals surface area (Å²) in [5, 5.41) is 17.2. The normalized spacial score (nSPS) is 11.0. The van der Waals surface area contributed by atoms with Crippen molar-refractivity contribution in [2.24, 2.45) is 0 Å². The molecule has 0 aliphatic heterocycles. The SMILES string of the molecule is Cc1cc(O)cc(=O)n1Cc1nc(-c2cnn(CCF)c2)no1. The van der Waals surface area contributed by atoms with Crippen molar-refractivity contribution in [3.8, 4) is 17.1 Å². The molecule has 3 aromatic heterocycles. The summed E-state index contributed by atoms with van der Waals surface area (Å²) in [5.74, 6) is 0.471. The Labute approximate surface area is 129 Å². The molecule has 0 aliphatic carbocycles. The van der Waals surface area contributed by atoms with Gasteiger partial charge in [0.2, 0.25) is 11.7 Å². The number of rotatable bonds is 5. The predicted molar refractivity (Wildman–Crippen MR) is 77.7 cm³/mol. The first-order chi connectivity index (χ1) is 11.1. The number of aromatic hydroxyl groups is 1. The molecule has 0 radical (unpaired) electrons. The van der Waals surface area contributed by atoms with Gasteiger partial charge >= 0.3 is 0 Å². The van der Waals surface area contributed by atoms with Crippen LogP contribution < -0.4 is 5.56 Å². The molecule has 0 amide bonds. The summed E-state index contributed by atoms with van der Waals surface area (Å²) >= 11 is 0. The fourth-order valence-corrected chi connectivity index (χ4v) is 2.17. The summed E-state index contributed by atoms with van der Waals surface area (Å²) in [6, 6.07) is 2.59. The number of aromatic nitrogens is 5. The second-order valence-electron chi connectivity index (χ2n) is 4.97. The highest BCUT2D eigenvalue weighted by Crippen LogP contribution is 2.15. The lowest BCUT2D eigenvalue weighted by molar-refractivity contribution is 0.368. The van der Waals surface area contributed by atoms with E-state index in [0.29, 0.717) is 17.1 Å². The molecular formula is C14H14FN5O3. The van der Waals surface area contributed by atoms with Crippen molar-refractivity contribution in [3.05, 3.63) is 46.5 Å². The monoisotopic (exact) mass is 319 g/mol. The summed E-state index contributed by atoms with van der Waals surface area (Å²) in [5.41, 5.74) is 0.812. The minimum absolute atomic E-state index is 0.0877. The van der Waals surface area contributed by atoms with E-state index in [0.717, 1.165) is 6.07 Å². The molecule has 1 N–H and O–H groups in total. The molecule has 3 rings (SSSR count). The van der Waals surface area contributed by atoms with Crippen molar-refractivity contribution >= 4 is 0 Å². The second kappa shape index (κ2) is 6.03. The predicted octanol–water partition coefficient (Wildman–Crippen LogP) is 1.13. The fourth-order valence-electron chi connectivity index (χ4n) is 2.17. The third-order valence-corrected chi connectivity index (χ3v) is 3.29. The Morgan fingerprint density at radius 3 is 2.96 bits per heavy atom. The first-order valence-electron chi connectivity index (χ1n) is 6.88. The van der Waals surface area contributed by atoms with Gasteiger partial charge in [0, 0.05) is 18.0 Å². The van der Waals surface area contributed by atoms with Crippen LogP contribution in [0.3, 0.4) is 0 Å². The van der Waals surface area contributed by atoms with Crippen LogP contribution in [0.25, 0.3) is 11.4 Å². The first-order valence-corrected chi connectivity index (χ1v) is 6.88. The molecule has 0 unspecified atom stereocenters. The molecule has 0 spiro atoms. The maximum Gasteiger partial charge on any atom is 0.254 e. The van der Waals surface area contributed by atoms with E-state index in [1.165, 1.54) is 21.5 Å². The van der Waals surface area contributed by atoms with Crippen molar-refractivity contribution in [1.82, 2.24) is 24.5 Å². The molecular weight excluding hydrogens is 305 g/mol. The maximum absolute atomic E-state index is 12.3. The van der Waals surface area contributed by atoms with E-state index in [1.807, 2.05) is 0 Å². The number of hydrogen-bond acceptors (Lipinski definition) is 6. The minimum Gasteiger partial charge on any atom is -0.508 e. The molecule has 120 valence electrons. The zero-order valence-corrected chi connectivity index (χ0v) is 12.3. The lowest BCUT2D eigenvalue weighted by Gasteiger charge is -2.06. The number of halogens is 1. The molecule has 0 saturated carbocycles. The molecule has 9 heteroatoms. The van der Waals surface area contributed by atoms with Crippen LogP contribution in [0.1, 0.15) is 11.6 Å². The van der Waals surface area contributed by atoms with E-state index in [9.17, 15) is 14.3 Å². The molecule has 3 aromatic rings. The molecule has 3 heterocycles. The minimum atomic E-state index is -0.512. The Kier molecular flexibility index (Phi) is 3.92. The number of alkyl halides is 1. The topological polar surface area (TPSA) is 99.0 Å². The van der Waals surface area contributed by atoms with Gasteiger partial charge in [-0.1, -0.05) is 5.16 Å². The highest BCUT2D eigenvalue weighted by Gasteiger charge is 2.13. The van der Waals surface area contributed by atoms with Crippen molar-refractivity contribution in [3.63, 3.8) is 0 Å². The summed E-state index contributed by atoms with van der Waals surface area (Å²) in [6.07, 6.45) is 3.13. The first kappa shape index (κ1) is 14.9. The van der Waals surface area contributed by atoms with Crippen LogP contribution in [0.2, 0.25) is 0 Å². The Hall–Kier alpha value is -2.97. The zero-order chi connectivity index (χ0) is 16.4. The lowest BCUT2D eigenvalue weighted by Crippen LogP contribution is -2.21. The molecule has 0 bridgehead atoms. The van der Waals surface area contributed by atoms with E-state index < -0.39 is 6.67 Å². The van der Waals surface area contributed by atoms with Gasteiger partial charge in [-0.15, -0.1) is 0 Å². The van der Waals surface area contributed by atoms with Crippen molar-refractivity contribution in [2.75, 3.05) is 6.67 Å². The third-order valence-electron chi connectivity index (χ3n) is 3.29. The van der Waals surface area contributed by atoms with E-state index in [4.69, 9.17) is 4.52 Å². The van der Waals surface area contributed by atoms with Gasteiger partial charge in [-0.3, -0.25) is 9.48 Å². The highest BCUT2D eigenvalue weighted by atomic mass is 19.1. The zero-order valence-electron chi connectivity index (χ0n) is 12.3. The van der Waals surface area contributed by atoms with Gasteiger partial charge in [0.1, 0.15) is 19.0 Å². The number of nitrogens with zero attached hydrogens (tertiary/aromatic N) is 5. The Bertz CT molecular complexity index is 883. The average Bonchev–Trinajstić information content (AvgIpc) is 3.12. The van der Waals surface area contributed by atoms with Crippen molar-refractivity contribution in [2.45, 2.75) is 20.0 Å². The van der Waals surface area contributed by atoms with Crippen LogP contribution in [0, 0.1) is 6.92 Å². The Balaban J connectivity index is 1.83. The second-order valence-corrected chi connectivity index (χ2v) is 4.97. The smallest absolute Gasteiger partial charge is 0.254 e. The summed E-state index contributed by atoms with van der Waals surface area (Å²) in [6.45, 7) is 1.43. The van der Waals surface area contributed by atoms with Crippen molar-refractivity contribution < 1.29 is 14.0 Å². The molecule has 0 saturated heterocycles. The van der Waals surface area contributed by atoms with Gasteiger partial charge in [-0.2, -0.15) is 10.1 Å². The van der Waals surface area contributed by atoms with Gasteiger partial charge in [-0.05, 0) is 13.0 Å². The molecule has 0 fully saturated rings. The van der Waals surface area contributed by atoms with Gasteiger partial charge in [0.05, 0.1) is 18.3 Å². The van der Waals surface area contributed by atoms with Gasteiger partial charge in [-0.25, -0.2) is 4.39 Å². The fraction of sp³-hybridized carbons (Fsp3) is 0.286. The Morgan fingerprint density at radius 2 is 2.22 bits per heavy atom. The van der Waals surface area contributed by atoms with Gasteiger partial charge < -0.3 is 14.2 Å². The average molecular weight is 319 g/mol. The maximum atomic E-state index is 12.3. The van der Waals surface area contributed by atoms with E-state index in [2.05, 4.69) is 15.2 Å². The third kappa shape index (κ3) is 3.12. The van der Waals surface area contributed by atoms with E-state index in [-0.39, 0.29) is 30.3 Å². The van der Waals surface area contributed by atoms with Gasteiger partial charge in [0.15, 0.2) is 0 Å². The number of aryl methyl sites for hydroxylation is 2. The molecule has 0 atom stereocenters. The van der Waals surface area contributed by atoms with Crippen LogP contribution in [-0.4, -0.2) is 36.3 Å². The summed E-state index contributed by atoms with van der Waals surface area (Å²) < 4.78 is 20.3. The molecule has 0 aliphatic rings. The summed E-state index contributed by atoms with van der Waals surface area (Å²) in [7, 11) is 0. The summed E-state index contributed by atoms with van der Waals surface area (Å²) in [4.78, 5) is 16.1.